The number of hydrogen-bond donors (Lipinski definition) is 3. The molecular formula is C10H15NaO7S. The van der Waals surface area contributed by atoms with Gasteiger partial charge >= 0.3 is 39.7 Å². The number of hydrogen-bond acceptors (Lipinski definition) is 6. The summed E-state index contributed by atoms with van der Waals surface area (Å²) in [5.74, 6) is -0.246. The third-order valence-electron chi connectivity index (χ3n) is 1.90. The van der Waals surface area contributed by atoms with E-state index < -0.39 is 15.0 Å². The molecule has 9 heteroatoms. The topological polar surface area (TPSA) is 113 Å². The molecule has 1 rings (SSSR count). The largest absolute Gasteiger partial charge is 1.00 e. The zero-order valence-electron chi connectivity index (χ0n) is 11.4. The van der Waals surface area contributed by atoms with Crippen molar-refractivity contribution in [1.82, 2.24) is 0 Å². The van der Waals surface area contributed by atoms with Gasteiger partial charge in [-0.25, -0.2) is 0 Å². The van der Waals surface area contributed by atoms with Gasteiger partial charge in [0.25, 0.3) is 0 Å². The molecule has 0 unspecified atom stereocenters. The van der Waals surface area contributed by atoms with E-state index in [4.69, 9.17) is 24.2 Å². The molecule has 0 heterocycles. The number of rotatable bonds is 7. The van der Waals surface area contributed by atoms with E-state index in [1.807, 2.05) is 0 Å². The first-order valence-corrected chi connectivity index (χ1v) is 6.52. The zero-order valence-corrected chi connectivity index (χ0v) is 13.3. The molecule has 1 aromatic rings. The standard InChI is InChI=1S/C10H14O7S.Na.H/c11-4-6-16-8-2-1-3-9(17-7-5-12)10(8)18(13,14)15;;/h1-3,11-12H,4-7H2,(H,13,14,15);;/q;+1;-1. The van der Waals surface area contributed by atoms with Crippen molar-refractivity contribution in [2.24, 2.45) is 0 Å². The molecule has 0 aliphatic rings. The number of ether oxygens (including phenoxy) is 2. The third-order valence-corrected chi connectivity index (χ3v) is 2.82. The molecule has 0 aliphatic heterocycles. The Bertz CT molecular complexity index is 468. The second-order valence-corrected chi connectivity index (χ2v) is 4.56. The van der Waals surface area contributed by atoms with Gasteiger partial charge in [0.1, 0.15) is 24.7 Å². The van der Waals surface area contributed by atoms with Gasteiger partial charge in [-0.15, -0.1) is 0 Å². The summed E-state index contributed by atoms with van der Waals surface area (Å²) in [6.07, 6.45) is 0. The molecule has 0 fully saturated rings. The predicted octanol–water partition coefficient (Wildman–Crippen LogP) is -3.21. The summed E-state index contributed by atoms with van der Waals surface area (Å²) in [4.78, 5) is -0.521. The van der Waals surface area contributed by atoms with E-state index in [2.05, 4.69) is 0 Å². The van der Waals surface area contributed by atoms with Crippen molar-refractivity contribution in [3.63, 3.8) is 0 Å². The smallest absolute Gasteiger partial charge is 1.00 e. The summed E-state index contributed by atoms with van der Waals surface area (Å²) in [5, 5.41) is 17.3. The molecule has 0 saturated carbocycles. The molecule has 104 valence electrons. The number of aliphatic hydroxyl groups is 2. The van der Waals surface area contributed by atoms with Gasteiger partial charge in [0.15, 0.2) is 4.90 Å². The first kappa shape index (κ1) is 18.7. The van der Waals surface area contributed by atoms with Gasteiger partial charge in [0.05, 0.1) is 13.2 Å². The molecule has 19 heavy (non-hydrogen) atoms. The summed E-state index contributed by atoms with van der Waals surface area (Å²) >= 11 is 0. The van der Waals surface area contributed by atoms with Crippen LogP contribution in [0.25, 0.3) is 0 Å². The van der Waals surface area contributed by atoms with Crippen LogP contribution in [0.3, 0.4) is 0 Å². The Balaban J connectivity index is 0. The van der Waals surface area contributed by atoms with Gasteiger partial charge in [-0.3, -0.25) is 4.55 Å². The molecule has 0 aromatic heterocycles. The molecule has 0 amide bonds. The quantitative estimate of drug-likeness (QED) is 0.359. The van der Waals surface area contributed by atoms with E-state index in [0.717, 1.165) is 0 Å². The average Bonchev–Trinajstić information content (AvgIpc) is 2.32. The second kappa shape index (κ2) is 8.75. The maximum Gasteiger partial charge on any atom is 1.00 e. The maximum atomic E-state index is 11.3. The van der Waals surface area contributed by atoms with Crippen LogP contribution in [0, 0.1) is 0 Å². The molecule has 0 radical (unpaired) electrons. The molecule has 0 spiro atoms. The van der Waals surface area contributed by atoms with Gasteiger partial charge in [0.2, 0.25) is 0 Å². The number of aliphatic hydroxyl groups excluding tert-OH is 2. The Kier molecular flexibility index (Phi) is 8.59. The summed E-state index contributed by atoms with van der Waals surface area (Å²) in [7, 11) is -4.54. The van der Waals surface area contributed by atoms with E-state index in [9.17, 15) is 8.42 Å². The van der Waals surface area contributed by atoms with Gasteiger partial charge in [-0.1, -0.05) is 6.07 Å². The van der Waals surface area contributed by atoms with Crippen molar-refractivity contribution in [3.05, 3.63) is 18.2 Å². The van der Waals surface area contributed by atoms with Crippen molar-refractivity contribution in [1.29, 1.82) is 0 Å². The summed E-state index contributed by atoms with van der Waals surface area (Å²) < 4.78 is 41.7. The zero-order chi connectivity index (χ0) is 13.6. The van der Waals surface area contributed by atoms with Crippen LogP contribution in [0.2, 0.25) is 0 Å². The van der Waals surface area contributed by atoms with Crippen LogP contribution < -0.4 is 39.0 Å². The molecule has 3 N–H and O–H groups in total. The Morgan fingerprint density at radius 3 is 1.79 bits per heavy atom. The van der Waals surface area contributed by atoms with E-state index in [1.165, 1.54) is 18.2 Å². The normalized spacial score (nSPS) is 10.7. The van der Waals surface area contributed by atoms with Crippen molar-refractivity contribution >= 4 is 10.1 Å². The maximum absolute atomic E-state index is 11.3. The van der Waals surface area contributed by atoms with E-state index in [0.29, 0.717) is 0 Å². The van der Waals surface area contributed by atoms with Crippen molar-refractivity contribution in [2.45, 2.75) is 4.90 Å². The predicted molar refractivity (Wildman–Crippen MR) is 62.5 cm³/mol. The fourth-order valence-corrected chi connectivity index (χ4v) is 2.05. The van der Waals surface area contributed by atoms with E-state index >= 15 is 0 Å². The van der Waals surface area contributed by atoms with Crippen LogP contribution >= 0.6 is 0 Å². The Morgan fingerprint density at radius 1 is 1.05 bits per heavy atom. The monoisotopic (exact) mass is 302 g/mol. The van der Waals surface area contributed by atoms with Gasteiger partial charge in [0, 0.05) is 0 Å². The second-order valence-electron chi connectivity index (χ2n) is 3.20. The minimum Gasteiger partial charge on any atom is -1.00 e. The van der Waals surface area contributed by atoms with Crippen LogP contribution in [0.5, 0.6) is 11.5 Å². The third kappa shape index (κ3) is 5.65. The van der Waals surface area contributed by atoms with Crippen LogP contribution in [-0.4, -0.2) is 49.6 Å². The first-order valence-electron chi connectivity index (χ1n) is 5.08. The summed E-state index contributed by atoms with van der Waals surface area (Å²) in [6.45, 7) is -0.836. The van der Waals surface area contributed by atoms with Gasteiger partial charge < -0.3 is 21.1 Å². The summed E-state index contributed by atoms with van der Waals surface area (Å²) in [6, 6.07) is 4.11. The van der Waals surface area contributed by atoms with Crippen molar-refractivity contribution in [2.75, 3.05) is 26.4 Å². The minimum atomic E-state index is -4.54. The molecule has 1 aromatic carbocycles. The van der Waals surface area contributed by atoms with Crippen molar-refractivity contribution in [3.8, 4) is 11.5 Å². The molecule has 0 bridgehead atoms. The van der Waals surface area contributed by atoms with Crippen LogP contribution in [-0.2, 0) is 10.1 Å². The van der Waals surface area contributed by atoms with E-state index in [-0.39, 0.29) is 68.9 Å². The summed E-state index contributed by atoms with van der Waals surface area (Å²) in [5.41, 5.74) is 0. The van der Waals surface area contributed by atoms with Crippen LogP contribution in [0.1, 0.15) is 1.43 Å². The minimum absolute atomic E-state index is 0. The molecule has 0 atom stereocenters. The molecule has 0 aliphatic carbocycles. The SMILES string of the molecule is O=S(=O)(O)c1c(OCCO)cccc1OCCO.[H-].[Na+]. The van der Waals surface area contributed by atoms with Gasteiger partial charge in [-0.05, 0) is 12.1 Å². The molecular weight excluding hydrogens is 287 g/mol. The molecule has 0 saturated heterocycles. The first-order chi connectivity index (χ1) is 8.50. The Hall–Kier alpha value is -0.350. The van der Waals surface area contributed by atoms with Crippen LogP contribution in [0.4, 0.5) is 0 Å². The van der Waals surface area contributed by atoms with E-state index in [1.54, 1.807) is 0 Å². The number of benzene rings is 1. The fourth-order valence-electron chi connectivity index (χ4n) is 1.29. The Morgan fingerprint density at radius 2 is 1.47 bits per heavy atom. The van der Waals surface area contributed by atoms with Crippen molar-refractivity contribution < 1.29 is 63.6 Å². The molecule has 7 nitrogen and oxygen atoms in total. The fraction of sp³-hybridized carbons (Fsp3) is 0.400. The average molecular weight is 302 g/mol. The van der Waals surface area contributed by atoms with Crippen LogP contribution in [0.15, 0.2) is 23.1 Å². The Labute approximate surface area is 134 Å². The van der Waals surface area contributed by atoms with Gasteiger partial charge in [-0.2, -0.15) is 8.42 Å².